The minimum Gasteiger partial charge on any atom is -0.497 e. The number of amides is 1. The number of hydrogen-bond acceptors (Lipinski definition) is 4. The summed E-state index contributed by atoms with van der Waals surface area (Å²) in [6.45, 7) is 4.19. The number of nitrogens with one attached hydrogen (secondary N) is 1. The molecule has 5 rings (SSSR count). The molecule has 2 aromatic heterocycles. The van der Waals surface area contributed by atoms with E-state index in [1.165, 1.54) is 22.5 Å². The summed E-state index contributed by atoms with van der Waals surface area (Å²) < 4.78 is 6.29. The largest absolute Gasteiger partial charge is 0.497 e. The van der Waals surface area contributed by atoms with E-state index in [0.29, 0.717) is 4.88 Å². The zero-order chi connectivity index (χ0) is 22.2. The standard InChI is InChI=1S/C27H22N2O2S/c1-16-8-9-18(14-17(16)2)24-22-15-28-23-7-5-4-6-21(23)25(22)32-26(24)27(30)29-19-10-12-20(31-3)13-11-19/h4-15H,1-3H3,(H,29,30). The van der Waals surface area contributed by atoms with Gasteiger partial charge in [0.1, 0.15) is 10.6 Å². The summed E-state index contributed by atoms with van der Waals surface area (Å²) in [6, 6.07) is 21.8. The van der Waals surface area contributed by atoms with Crippen LogP contribution in [0.4, 0.5) is 5.69 Å². The molecule has 32 heavy (non-hydrogen) atoms. The second-order valence-electron chi connectivity index (χ2n) is 7.81. The summed E-state index contributed by atoms with van der Waals surface area (Å²) in [5, 5.41) is 5.11. The van der Waals surface area contributed by atoms with E-state index in [2.05, 4.69) is 48.4 Å². The van der Waals surface area contributed by atoms with Gasteiger partial charge in [0, 0.05) is 32.9 Å². The molecule has 0 aliphatic heterocycles. The molecular weight excluding hydrogens is 416 g/mol. The van der Waals surface area contributed by atoms with Crippen molar-refractivity contribution < 1.29 is 9.53 Å². The van der Waals surface area contributed by atoms with Gasteiger partial charge < -0.3 is 10.1 Å². The number of anilines is 1. The molecule has 0 saturated carbocycles. The van der Waals surface area contributed by atoms with Crippen molar-refractivity contribution in [2.45, 2.75) is 13.8 Å². The van der Waals surface area contributed by atoms with Crippen LogP contribution >= 0.6 is 11.3 Å². The number of thiophene rings is 1. The molecule has 5 aromatic rings. The molecular formula is C27H22N2O2S. The topological polar surface area (TPSA) is 51.2 Å². The Balaban J connectivity index is 1.69. The van der Waals surface area contributed by atoms with Crippen LogP contribution in [-0.2, 0) is 0 Å². The average Bonchev–Trinajstić information content (AvgIpc) is 3.22. The smallest absolute Gasteiger partial charge is 0.266 e. The number of ether oxygens (including phenoxy) is 1. The van der Waals surface area contributed by atoms with E-state index in [1.807, 2.05) is 48.7 Å². The Morgan fingerprint density at radius 3 is 2.47 bits per heavy atom. The zero-order valence-electron chi connectivity index (χ0n) is 18.1. The molecule has 1 amide bonds. The van der Waals surface area contributed by atoms with Crippen molar-refractivity contribution in [3.05, 3.63) is 88.9 Å². The maximum Gasteiger partial charge on any atom is 0.266 e. The quantitative estimate of drug-likeness (QED) is 0.329. The lowest BCUT2D eigenvalue weighted by atomic mass is 9.98. The molecule has 0 spiro atoms. The number of pyridine rings is 1. The molecule has 0 unspecified atom stereocenters. The van der Waals surface area contributed by atoms with Crippen LogP contribution in [0.15, 0.2) is 72.9 Å². The number of nitrogens with zero attached hydrogens (tertiary/aromatic N) is 1. The normalized spacial score (nSPS) is 11.1. The molecule has 5 heteroatoms. The predicted molar refractivity (Wildman–Crippen MR) is 133 cm³/mol. The number of carbonyl (C=O) groups is 1. The van der Waals surface area contributed by atoms with Crippen LogP contribution in [0, 0.1) is 13.8 Å². The van der Waals surface area contributed by atoms with Crippen molar-refractivity contribution in [3.63, 3.8) is 0 Å². The van der Waals surface area contributed by atoms with Crippen molar-refractivity contribution in [3.8, 4) is 16.9 Å². The molecule has 1 N–H and O–H groups in total. The third-order valence-corrected chi connectivity index (χ3v) is 7.01. The van der Waals surface area contributed by atoms with Crippen LogP contribution in [0.25, 0.3) is 32.1 Å². The van der Waals surface area contributed by atoms with Gasteiger partial charge in [-0.3, -0.25) is 9.78 Å². The molecule has 158 valence electrons. The Morgan fingerprint density at radius 2 is 1.72 bits per heavy atom. The van der Waals surface area contributed by atoms with E-state index in [1.54, 1.807) is 7.11 Å². The van der Waals surface area contributed by atoms with Gasteiger partial charge in [0.25, 0.3) is 5.91 Å². The third-order valence-electron chi connectivity index (χ3n) is 5.78. The Morgan fingerprint density at radius 1 is 0.938 bits per heavy atom. The molecule has 0 fully saturated rings. The van der Waals surface area contributed by atoms with E-state index >= 15 is 0 Å². The number of hydrogen-bond donors (Lipinski definition) is 1. The predicted octanol–water partition coefficient (Wildman–Crippen LogP) is 6.99. The first-order valence-electron chi connectivity index (χ1n) is 10.4. The first kappa shape index (κ1) is 20.2. The Hall–Kier alpha value is -3.70. The van der Waals surface area contributed by atoms with Gasteiger partial charge in [-0.25, -0.2) is 0 Å². The summed E-state index contributed by atoms with van der Waals surface area (Å²) in [5.74, 6) is 0.618. The maximum atomic E-state index is 13.5. The van der Waals surface area contributed by atoms with Gasteiger partial charge in [-0.15, -0.1) is 11.3 Å². The molecule has 0 saturated heterocycles. The fourth-order valence-corrected chi connectivity index (χ4v) is 5.11. The number of para-hydroxylation sites is 1. The lowest BCUT2D eigenvalue weighted by Crippen LogP contribution is -2.11. The number of rotatable bonds is 4. The minimum absolute atomic E-state index is 0.131. The lowest BCUT2D eigenvalue weighted by molar-refractivity contribution is 0.103. The van der Waals surface area contributed by atoms with Gasteiger partial charge in [-0.2, -0.15) is 0 Å². The van der Waals surface area contributed by atoms with Crippen LogP contribution in [0.5, 0.6) is 5.75 Å². The molecule has 3 aromatic carbocycles. The summed E-state index contributed by atoms with van der Waals surface area (Å²) in [4.78, 5) is 18.8. The van der Waals surface area contributed by atoms with Crippen LogP contribution in [0.2, 0.25) is 0 Å². The highest BCUT2D eigenvalue weighted by atomic mass is 32.1. The zero-order valence-corrected chi connectivity index (χ0v) is 18.9. The van der Waals surface area contributed by atoms with Crippen molar-refractivity contribution in [2.75, 3.05) is 12.4 Å². The van der Waals surface area contributed by atoms with Crippen molar-refractivity contribution >= 4 is 43.9 Å². The second-order valence-corrected chi connectivity index (χ2v) is 8.83. The van der Waals surface area contributed by atoms with E-state index in [9.17, 15) is 4.79 Å². The second kappa shape index (κ2) is 8.09. The molecule has 0 bridgehead atoms. The van der Waals surface area contributed by atoms with Crippen LogP contribution in [0.1, 0.15) is 20.8 Å². The Kier molecular flexibility index (Phi) is 5.11. The van der Waals surface area contributed by atoms with E-state index in [0.717, 1.165) is 43.6 Å². The average molecular weight is 439 g/mol. The number of methoxy groups -OCH3 is 1. The van der Waals surface area contributed by atoms with Crippen LogP contribution < -0.4 is 10.1 Å². The monoisotopic (exact) mass is 438 g/mol. The summed E-state index contributed by atoms with van der Waals surface area (Å²) in [6.07, 6.45) is 1.89. The number of benzene rings is 3. The van der Waals surface area contributed by atoms with Crippen molar-refractivity contribution in [1.29, 1.82) is 0 Å². The molecule has 0 aliphatic carbocycles. The molecule has 4 nitrogen and oxygen atoms in total. The third kappa shape index (κ3) is 3.51. The molecule has 0 atom stereocenters. The first-order valence-corrected chi connectivity index (χ1v) is 11.2. The van der Waals surface area contributed by atoms with Gasteiger partial charge in [0.15, 0.2) is 0 Å². The van der Waals surface area contributed by atoms with Gasteiger partial charge in [0.2, 0.25) is 0 Å². The molecule has 0 aliphatic rings. The Bertz CT molecular complexity index is 1470. The SMILES string of the molecule is COc1ccc(NC(=O)c2sc3c(cnc4ccccc43)c2-c2ccc(C)c(C)c2)cc1. The minimum atomic E-state index is -0.131. The number of carbonyl (C=O) groups excluding carboxylic acids is 1. The first-order chi connectivity index (χ1) is 15.5. The summed E-state index contributed by atoms with van der Waals surface area (Å²) >= 11 is 1.52. The molecule has 2 heterocycles. The van der Waals surface area contributed by atoms with Crippen molar-refractivity contribution in [2.24, 2.45) is 0 Å². The number of fused-ring (bicyclic) bond motifs is 3. The van der Waals surface area contributed by atoms with Gasteiger partial charge >= 0.3 is 0 Å². The highest BCUT2D eigenvalue weighted by Crippen LogP contribution is 2.42. The summed E-state index contributed by atoms with van der Waals surface area (Å²) in [5.41, 5.74) is 6.02. The number of aromatic nitrogens is 1. The highest BCUT2D eigenvalue weighted by Gasteiger charge is 2.22. The lowest BCUT2D eigenvalue weighted by Gasteiger charge is -2.09. The van der Waals surface area contributed by atoms with E-state index in [-0.39, 0.29) is 5.91 Å². The van der Waals surface area contributed by atoms with Gasteiger partial charge in [0.05, 0.1) is 12.6 Å². The molecule has 0 radical (unpaired) electrons. The highest BCUT2D eigenvalue weighted by molar-refractivity contribution is 7.22. The fraction of sp³-hybridized carbons (Fsp3) is 0.111. The van der Waals surface area contributed by atoms with Crippen LogP contribution in [-0.4, -0.2) is 18.0 Å². The van der Waals surface area contributed by atoms with E-state index in [4.69, 9.17) is 4.74 Å². The number of aryl methyl sites for hydroxylation is 2. The van der Waals surface area contributed by atoms with E-state index < -0.39 is 0 Å². The van der Waals surface area contributed by atoms with Crippen LogP contribution in [0.3, 0.4) is 0 Å². The fourth-order valence-electron chi connectivity index (χ4n) is 3.89. The Labute approximate surface area is 190 Å². The maximum absolute atomic E-state index is 13.5. The summed E-state index contributed by atoms with van der Waals surface area (Å²) in [7, 11) is 1.62. The van der Waals surface area contributed by atoms with Crippen molar-refractivity contribution in [1.82, 2.24) is 4.98 Å². The van der Waals surface area contributed by atoms with Gasteiger partial charge in [-0.1, -0.05) is 36.4 Å². The van der Waals surface area contributed by atoms with Gasteiger partial charge in [-0.05, 0) is 60.9 Å².